The lowest BCUT2D eigenvalue weighted by atomic mass is 10.1. The third-order valence-electron chi connectivity index (χ3n) is 4.79. The van der Waals surface area contributed by atoms with E-state index in [1.54, 1.807) is 4.90 Å². The summed E-state index contributed by atoms with van der Waals surface area (Å²) in [5.41, 5.74) is 6.36. The van der Waals surface area contributed by atoms with Gasteiger partial charge in [-0.05, 0) is 43.5 Å². The van der Waals surface area contributed by atoms with Crippen LogP contribution in [0, 0.1) is 11.7 Å². The summed E-state index contributed by atoms with van der Waals surface area (Å²) in [6.45, 7) is 2.14. The fourth-order valence-corrected chi connectivity index (χ4v) is 3.40. The molecule has 2 aliphatic rings. The van der Waals surface area contributed by atoms with Crippen molar-refractivity contribution < 1.29 is 14.0 Å². The maximum Gasteiger partial charge on any atom is 0.253 e. The minimum absolute atomic E-state index is 0.0457. The molecule has 0 aromatic heterocycles. The fourth-order valence-electron chi connectivity index (χ4n) is 3.40. The molecule has 0 radical (unpaired) electrons. The molecule has 6 heteroatoms. The van der Waals surface area contributed by atoms with Crippen LogP contribution in [0.1, 0.15) is 29.6 Å². The molecular formula is C17H22FN3O2. The van der Waals surface area contributed by atoms with Gasteiger partial charge >= 0.3 is 0 Å². The molecule has 1 aliphatic heterocycles. The topological polar surface area (TPSA) is 66.6 Å². The van der Waals surface area contributed by atoms with Gasteiger partial charge in [-0.2, -0.15) is 0 Å². The van der Waals surface area contributed by atoms with Crippen LogP contribution in [-0.2, 0) is 4.79 Å². The number of halogens is 1. The molecule has 1 aliphatic carbocycles. The summed E-state index contributed by atoms with van der Waals surface area (Å²) < 4.78 is 12.9. The van der Waals surface area contributed by atoms with Crippen molar-refractivity contribution in [2.45, 2.75) is 25.3 Å². The van der Waals surface area contributed by atoms with Gasteiger partial charge in [-0.1, -0.05) is 0 Å². The van der Waals surface area contributed by atoms with E-state index in [0.717, 1.165) is 19.3 Å². The molecule has 2 amide bonds. The zero-order valence-corrected chi connectivity index (χ0v) is 13.1. The summed E-state index contributed by atoms with van der Waals surface area (Å²) in [5, 5.41) is 0. The Kier molecular flexibility index (Phi) is 4.61. The number of benzene rings is 1. The zero-order chi connectivity index (χ0) is 16.4. The van der Waals surface area contributed by atoms with Crippen LogP contribution in [0.3, 0.4) is 0 Å². The molecule has 124 valence electrons. The summed E-state index contributed by atoms with van der Waals surface area (Å²) in [4.78, 5) is 28.4. The van der Waals surface area contributed by atoms with Gasteiger partial charge in [0.25, 0.3) is 5.91 Å². The fraction of sp³-hybridized carbons (Fsp3) is 0.529. The molecule has 0 bridgehead atoms. The van der Waals surface area contributed by atoms with E-state index < -0.39 is 0 Å². The third-order valence-corrected chi connectivity index (χ3v) is 4.79. The second-order valence-electron chi connectivity index (χ2n) is 6.39. The van der Waals surface area contributed by atoms with Crippen molar-refractivity contribution in [2.24, 2.45) is 11.7 Å². The Hall–Kier alpha value is -1.95. The van der Waals surface area contributed by atoms with Crippen LogP contribution in [0.15, 0.2) is 24.3 Å². The maximum absolute atomic E-state index is 12.9. The summed E-state index contributed by atoms with van der Waals surface area (Å²) in [6.07, 6.45) is 2.56. The lowest BCUT2D eigenvalue weighted by molar-refractivity contribution is -0.136. The molecule has 0 spiro atoms. The Morgan fingerprint density at radius 2 is 1.61 bits per heavy atom. The first-order chi connectivity index (χ1) is 11.0. The summed E-state index contributed by atoms with van der Waals surface area (Å²) in [7, 11) is 0. The Morgan fingerprint density at radius 3 is 2.17 bits per heavy atom. The predicted octanol–water partition coefficient (Wildman–Crippen LogP) is 1.24. The SMILES string of the molecule is NC1CCC(C(=O)N2CCN(C(=O)c3ccc(F)cc3)CC2)C1. The normalized spacial score (nSPS) is 24.8. The molecule has 1 saturated carbocycles. The van der Waals surface area contributed by atoms with Gasteiger partial charge in [-0.25, -0.2) is 4.39 Å². The Morgan fingerprint density at radius 1 is 1.00 bits per heavy atom. The Labute approximate surface area is 135 Å². The second kappa shape index (κ2) is 6.66. The Bertz CT molecular complexity index is 582. The van der Waals surface area contributed by atoms with E-state index in [1.807, 2.05) is 4.90 Å². The first-order valence-electron chi connectivity index (χ1n) is 8.14. The third kappa shape index (κ3) is 3.52. The van der Waals surface area contributed by atoms with E-state index in [4.69, 9.17) is 5.73 Å². The quantitative estimate of drug-likeness (QED) is 0.892. The molecular weight excluding hydrogens is 297 g/mol. The summed E-state index contributed by atoms with van der Waals surface area (Å²) in [6, 6.07) is 5.71. The molecule has 1 saturated heterocycles. The highest BCUT2D eigenvalue weighted by atomic mass is 19.1. The van der Waals surface area contributed by atoms with E-state index in [9.17, 15) is 14.0 Å². The molecule has 3 rings (SSSR count). The maximum atomic E-state index is 12.9. The molecule has 5 nitrogen and oxygen atoms in total. The minimum Gasteiger partial charge on any atom is -0.339 e. The number of nitrogens with zero attached hydrogens (tertiary/aromatic N) is 2. The zero-order valence-electron chi connectivity index (χ0n) is 13.1. The van der Waals surface area contributed by atoms with Gasteiger partial charge < -0.3 is 15.5 Å². The van der Waals surface area contributed by atoms with Crippen molar-refractivity contribution in [3.05, 3.63) is 35.6 Å². The van der Waals surface area contributed by atoms with Gasteiger partial charge in [-0.3, -0.25) is 9.59 Å². The van der Waals surface area contributed by atoms with E-state index in [1.165, 1.54) is 24.3 Å². The van der Waals surface area contributed by atoms with Crippen LogP contribution in [0.2, 0.25) is 0 Å². The van der Waals surface area contributed by atoms with Gasteiger partial charge in [0, 0.05) is 43.7 Å². The summed E-state index contributed by atoms with van der Waals surface area (Å²) >= 11 is 0. The average molecular weight is 319 g/mol. The van der Waals surface area contributed by atoms with Crippen LogP contribution in [0.4, 0.5) is 4.39 Å². The van der Waals surface area contributed by atoms with Crippen LogP contribution < -0.4 is 5.73 Å². The molecule has 2 atom stereocenters. The molecule has 1 aromatic rings. The lowest BCUT2D eigenvalue weighted by Gasteiger charge is -2.36. The molecule has 2 fully saturated rings. The first-order valence-corrected chi connectivity index (χ1v) is 8.14. The standard InChI is InChI=1S/C17H22FN3O2/c18-14-4-1-12(2-5-14)16(22)20-7-9-21(10-8-20)17(23)13-3-6-15(19)11-13/h1-2,4-5,13,15H,3,6-11,19H2. The van der Waals surface area contributed by atoms with Crippen LogP contribution >= 0.6 is 0 Å². The van der Waals surface area contributed by atoms with E-state index in [0.29, 0.717) is 31.7 Å². The number of hydrogen-bond acceptors (Lipinski definition) is 3. The minimum atomic E-state index is -0.355. The first kappa shape index (κ1) is 15.9. The summed E-state index contributed by atoms with van der Waals surface area (Å²) in [5.74, 6) is -0.247. The second-order valence-corrected chi connectivity index (χ2v) is 6.39. The number of piperazine rings is 1. The highest BCUT2D eigenvalue weighted by molar-refractivity contribution is 5.94. The molecule has 23 heavy (non-hydrogen) atoms. The van der Waals surface area contributed by atoms with Crippen molar-refractivity contribution in [1.29, 1.82) is 0 Å². The monoisotopic (exact) mass is 319 g/mol. The van der Waals surface area contributed by atoms with E-state index >= 15 is 0 Å². The number of carbonyl (C=O) groups excluding carboxylic acids is 2. The number of carbonyl (C=O) groups is 2. The number of nitrogens with two attached hydrogens (primary N) is 1. The van der Waals surface area contributed by atoms with Crippen molar-refractivity contribution in [2.75, 3.05) is 26.2 Å². The van der Waals surface area contributed by atoms with Crippen molar-refractivity contribution in [1.82, 2.24) is 9.80 Å². The van der Waals surface area contributed by atoms with E-state index in [-0.39, 0.29) is 29.6 Å². The van der Waals surface area contributed by atoms with Gasteiger partial charge in [0.2, 0.25) is 5.91 Å². The lowest BCUT2D eigenvalue weighted by Crippen LogP contribution is -2.51. The predicted molar refractivity (Wildman–Crippen MR) is 84.2 cm³/mol. The Balaban J connectivity index is 1.54. The van der Waals surface area contributed by atoms with Crippen molar-refractivity contribution in [3.8, 4) is 0 Å². The average Bonchev–Trinajstić information content (AvgIpc) is 3.01. The van der Waals surface area contributed by atoms with Gasteiger partial charge in [-0.15, -0.1) is 0 Å². The van der Waals surface area contributed by atoms with Gasteiger partial charge in [0.1, 0.15) is 5.82 Å². The molecule has 2 N–H and O–H groups in total. The number of hydrogen-bond donors (Lipinski definition) is 1. The van der Waals surface area contributed by atoms with Crippen LogP contribution in [-0.4, -0.2) is 53.8 Å². The molecule has 2 unspecified atom stereocenters. The van der Waals surface area contributed by atoms with Crippen molar-refractivity contribution in [3.63, 3.8) is 0 Å². The number of rotatable bonds is 2. The smallest absolute Gasteiger partial charge is 0.253 e. The van der Waals surface area contributed by atoms with Gasteiger partial charge in [0.15, 0.2) is 0 Å². The molecule has 1 aromatic carbocycles. The molecule has 1 heterocycles. The van der Waals surface area contributed by atoms with Crippen molar-refractivity contribution >= 4 is 11.8 Å². The van der Waals surface area contributed by atoms with Gasteiger partial charge in [0.05, 0.1) is 0 Å². The van der Waals surface area contributed by atoms with E-state index in [2.05, 4.69) is 0 Å². The largest absolute Gasteiger partial charge is 0.339 e. The highest BCUT2D eigenvalue weighted by Crippen LogP contribution is 2.26. The number of amides is 2. The highest BCUT2D eigenvalue weighted by Gasteiger charge is 2.33. The van der Waals surface area contributed by atoms with Crippen LogP contribution in [0.5, 0.6) is 0 Å². The van der Waals surface area contributed by atoms with Crippen LogP contribution in [0.25, 0.3) is 0 Å².